The SMILES string of the molecule is Cc1onc(-c2ccccc2)c1C(=O)N[C@@H]1C(=O)N2[C@@H]1SC(C)(C)[C@@H]2C(=O)O.O=C(O)CCC(=O)O. The fourth-order valence-corrected chi connectivity index (χ4v) is 5.63. The number of aromatic nitrogens is 1. The monoisotopic (exact) mass is 519 g/mol. The molecule has 2 aromatic rings. The van der Waals surface area contributed by atoms with Gasteiger partial charge in [0.2, 0.25) is 5.91 Å². The van der Waals surface area contributed by atoms with E-state index in [1.54, 1.807) is 20.8 Å². The number of thioether (sulfide) groups is 1. The van der Waals surface area contributed by atoms with Gasteiger partial charge in [0.05, 0.1) is 12.8 Å². The molecule has 2 fully saturated rings. The molecule has 192 valence electrons. The van der Waals surface area contributed by atoms with E-state index in [0.29, 0.717) is 11.5 Å². The van der Waals surface area contributed by atoms with Crippen molar-refractivity contribution < 1.29 is 43.8 Å². The maximum atomic E-state index is 12.9. The lowest BCUT2D eigenvalue weighted by Gasteiger charge is -2.43. The summed E-state index contributed by atoms with van der Waals surface area (Å²) in [6.45, 7) is 5.22. The quantitative estimate of drug-likeness (QED) is 0.391. The van der Waals surface area contributed by atoms with Crippen LogP contribution in [0.25, 0.3) is 11.3 Å². The van der Waals surface area contributed by atoms with Gasteiger partial charge in [-0.15, -0.1) is 11.8 Å². The van der Waals surface area contributed by atoms with E-state index in [1.165, 1.54) is 16.7 Å². The van der Waals surface area contributed by atoms with E-state index in [1.807, 2.05) is 30.3 Å². The fourth-order valence-electron chi connectivity index (χ4n) is 4.01. The first kappa shape index (κ1) is 26.7. The molecule has 12 nitrogen and oxygen atoms in total. The van der Waals surface area contributed by atoms with Crippen LogP contribution >= 0.6 is 11.8 Å². The Labute approximate surface area is 209 Å². The van der Waals surface area contributed by atoms with Gasteiger partial charge < -0.3 is 30.1 Å². The van der Waals surface area contributed by atoms with Crippen LogP contribution in [0.5, 0.6) is 0 Å². The molecule has 2 aliphatic rings. The lowest BCUT2D eigenvalue weighted by atomic mass is 9.95. The molecule has 0 aliphatic carbocycles. The third-order valence-electron chi connectivity index (χ3n) is 5.65. The number of hydrogen-bond acceptors (Lipinski definition) is 8. The molecule has 13 heteroatoms. The van der Waals surface area contributed by atoms with Gasteiger partial charge in [0.1, 0.15) is 34.5 Å². The Kier molecular flexibility index (Phi) is 7.72. The number of aryl methyl sites for hydroxylation is 1. The normalized spacial score (nSPS) is 21.5. The number of nitrogens with zero attached hydrogens (tertiary/aromatic N) is 2. The van der Waals surface area contributed by atoms with Gasteiger partial charge in [0, 0.05) is 10.3 Å². The predicted molar refractivity (Wildman–Crippen MR) is 126 cm³/mol. The topological polar surface area (TPSA) is 187 Å². The summed E-state index contributed by atoms with van der Waals surface area (Å²) < 4.78 is 4.57. The number of nitrogens with one attached hydrogen (secondary N) is 1. The molecule has 4 rings (SSSR count). The maximum absolute atomic E-state index is 12.9. The molecule has 0 saturated carbocycles. The highest BCUT2D eigenvalue weighted by atomic mass is 32.2. The number of carbonyl (C=O) groups is 5. The fraction of sp³-hybridized carbons (Fsp3) is 0.391. The number of fused-ring (bicyclic) bond motifs is 1. The number of amides is 2. The number of benzene rings is 1. The Morgan fingerprint density at radius 3 is 2.19 bits per heavy atom. The van der Waals surface area contributed by atoms with Crippen molar-refractivity contribution in [3.8, 4) is 11.3 Å². The van der Waals surface area contributed by atoms with E-state index in [9.17, 15) is 29.1 Å². The smallest absolute Gasteiger partial charge is 0.327 e. The van der Waals surface area contributed by atoms with Crippen LogP contribution in [0.2, 0.25) is 0 Å². The molecular weight excluding hydrogens is 494 g/mol. The highest BCUT2D eigenvalue weighted by Crippen LogP contribution is 2.50. The zero-order valence-corrected chi connectivity index (χ0v) is 20.4. The molecule has 0 bridgehead atoms. The summed E-state index contributed by atoms with van der Waals surface area (Å²) in [5, 5.41) is 31.6. The van der Waals surface area contributed by atoms with Crippen molar-refractivity contribution in [1.29, 1.82) is 0 Å². The van der Waals surface area contributed by atoms with Crippen molar-refractivity contribution >= 4 is 41.5 Å². The molecule has 1 aromatic carbocycles. The van der Waals surface area contributed by atoms with Gasteiger partial charge in [-0.25, -0.2) is 4.79 Å². The predicted octanol–water partition coefficient (Wildman–Crippen LogP) is 1.83. The Hall–Kier alpha value is -3.87. The third-order valence-corrected chi connectivity index (χ3v) is 7.22. The number of carboxylic acids is 3. The minimum Gasteiger partial charge on any atom is -0.481 e. The molecule has 0 radical (unpaired) electrons. The number of aliphatic carboxylic acids is 3. The summed E-state index contributed by atoms with van der Waals surface area (Å²) in [4.78, 5) is 57.7. The second-order valence-corrected chi connectivity index (χ2v) is 10.4. The van der Waals surface area contributed by atoms with Crippen LogP contribution in [-0.2, 0) is 19.2 Å². The van der Waals surface area contributed by atoms with Gasteiger partial charge in [-0.1, -0.05) is 35.5 Å². The maximum Gasteiger partial charge on any atom is 0.327 e. The Morgan fingerprint density at radius 2 is 1.67 bits per heavy atom. The first-order valence-corrected chi connectivity index (χ1v) is 11.7. The minimum absolute atomic E-state index is 0.273. The van der Waals surface area contributed by atoms with E-state index < -0.39 is 46.0 Å². The van der Waals surface area contributed by atoms with Gasteiger partial charge in [-0.2, -0.15) is 0 Å². The lowest BCUT2D eigenvalue weighted by Crippen LogP contribution is -2.70. The van der Waals surface area contributed by atoms with Crippen LogP contribution in [0.4, 0.5) is 0 Å². The van der Waals surface area contributed by atoms with Crippen molar-refractivity contribution in [2.75, 3.05) is 0 Å². The molecule has 1 aromatic heterocycles. The van der Waals surface area contributed by atoms with E-state index >= 15 is 0 Å². The molecule has 2 aliphatic heterocycles. The molecule has 0 unspecified atom stereocenters. The molecule has 36 heavy (non-hydrogen) atoms. The highest BCUT2D eigenvalue weighted by Gasteiger charge is 2.64. The second kappa shape index (κ2) is 10.4. The van der Waals surface area contributed by atoms with Crippen molar-refractivity contribution in [2.24, 2.45) is 0 Å². The van der Waals surface area contributed by atoms with Crippen LogP contribution in [0.3, 0.4) is 0 Å². The zero-order chi connectivity index (χ0) is 26.8. The summed E-state index contributed by atoms with van der Waals surface area (Å²) in [6, 6.07) is 7.46. The van der Waals surface area contributed by atoms with E-state index in [0.717, 1.165) is 5.56 Å². The Morgan fingerprint density at radius 1 is 1.08 bits per heavy atom. The summed E-state index contributed by atoms with van der Waals surface area (Å²) in [5.74, 6) is -3.70. The largest absolute Gasteiger partial charge is 0.481 e. The standard InChI is InChI=1S/C19H19N3O5S.C4H6O4/c1-9-11(12(21-27-9)10-7-5-4-6-8-10)15(23)20-13-16(24)22-14(18(25)26)19(2,3)28-17(13)22;5-3(6)1-2-4(7)8/h4-8,13-14,17H,1-3H3,(H,20,23)(H,25,26);1-2H2,(H,5,6)(H,7,8)/t13-,14+,17-;/m1./s1. The van der Waals surface area contributed by atoms with Gasteiger partial charge in [0.15, 0.2) is 0 Å². The van der Waals surface area contributed by atoms with Crippen molar-refractivity contribution in [3.63, 3.8) is 0 Å². The van der Waals surface area contributed by atoms with Crippen LogP contribution in [0.1, 0.15) is 42.8 Å². The van der Waals surface area contributed by atoms with E-state index in [-0.39, 0.29) is 24.3 Å². The average Bonchev–Trinajstić information content (AvgIpc) is 3.32. The highest BCUT2D eigenvalue weighted by molar-refractivity contribution is 8.01. The molecule has 2 amide bonds. The van der Waals surface area contributed by atoms with Gasteiger partial charge >= 0.3 is 17.9 Å². The second-order valence-electron chi connectivity index (χ2n) is 8.67. The number of carbonyl (C=O) groups excluding carboxylic acids is 2. The summed E-state index contributed by atoms with van der Waals surface area (Å²) in [5.41, 5.74) is 1.41. The van der Waals surface area contributed by atoms with Crippen LogP contribution in [-0.4, -0.2) is 77.3 Å². The summed E-state index contributed by atoms with van der Waals surface area (Å²) in [6.07, 6.45) is -0.593. The van der Waals surface area contributed by atoms with E-state index in [4.69, 9.17) is 14.7 Å². The first-order chi connectivity index (χ1) is 16.8. The third kappa shape index (κ3) is 5.35. The zero-order valence-electron chi connectivity index (χ0n) is 19.6. The molecular formula is C23H25N3O9S. The summed E-state index contributed by atoms with van der Waals surface area (Å²) >= 11 is 1.38. The van der Waals surface area contributed by atoms with E-state index in [2.05, 4.69) is 10.5 Å². The molecule has 2 saturated heterocycles. The average molecular weight is 520 g/mol. The van der Waals surface area contributed by atoms with Crippen LogP contribution in [0, 0.1) is 6.92 Å². The Balaban J connectivity index is 0.000000392. The van der Waals surface area contributed by atoms with Gasteiger partial charge in [-0.3, -0.25) is 19.2 Å². The number of rotatable bonds is 7. The molecule has 4 N–H and O–H groups in total. The number of hydrogen-bond donors (Lipinski definition) is 4. The molecule has 3 heterocycles. The first-order valence-electron chi connectivity index (χ1n) is 10.8. The van der Waals surface area contributed by atoms with Crippen molar-refractivity contribution in [1.82, 2.24) is 15.4 Å². The van der Waals surface area contributed by atoms with Crippen LogP contribution < -0.4 is 5.32 Å². The van der Waals surface area contributed by atoms with Crippen molar-refractivity contribution in [2.45, 2.75) is 55.8 Å². The molecule has 0 spiro atoms. The lowest BCUT2D eigenvalue weighted by molar-refractivity contribution is -0.159. The number of β-lactam (4-membered cyclic amide) rings is 1. The van der Waals surface area contributed by atoms with Gasteiger partial charge in [0.25, 0.3) is 5.91 Å². The molecule has 3 atom stereocenters. The van der Waals surface area contributed by atoms with Gasteiger partial charge in [-0.05, 0) is 20.8 Å². The Bertz CT molecular complexity index is 1180. The van der Waals surface area contributed by atoms with Crippen LogP contribution in [0.15, 0.2) is 34.9 Å². The summed E-state index contributed by atoms with van der Waals surface area (Å²) in [7, 11) is 0. The number of carboxylic acid groups (broad SMARTS) is 3. The minimum atomic E-state index is -1.08. The van der Waals surface area contributed by atoms with Crippen molar-refractivity contribution in [3.05, 3.63) is 41.7 Å².